The van der Waals surface area contributed by atoms with E-state index < -0.39 is 0 Å². The Morgan fingerprint density at radius 1 is 0.680 bits per heavy atom. The van der Waals surface area contributed by atoms with Crippen LogP contribution in [-0.2, 0) is 0 Å². The van der Waals surface area contributed by atoms with Crippen LogP contribution in [0.25, 0.3) is 0 Å². The number of rotatable bonds is 5. The number of benzene rings is 3. The molecule has 0 fully saturated rings. The van der Waals surface area contributed by atoms with Crippen LogP contribution >= 0.6 is 0 Å². The van der Waals surface area contributed by atoms with E-state index in [1.165, 1.54) is 12.8 Å². The first-order chi connectivity index (χ1) is 12.3. The number of aromatic hydroxyl groups is 1. The van der Waals surface area contributed by atoms with Gasteiger partial charge in [0, 0.05) is 6.07 Å². The lowest BCUT2D eigenvalue weighted by Gasteiger charge is -2.05. The first-order valence-corrected chi connectivity index (χ1v) is 8.74. The van der Waals surface area contributed by atoms with Gasteiger partial charge >= 0.3 is 0 Å². The third-order valence-corrected chi connectivity index (χ3v) is 3.17. The van der Waals surface area contributed by atoms with E-state index in [0.717, 1.165) is 18.8 Å². The van der Waals surface area contributed by atoms with Gasteiger partial charge in [0.2, 0.25) is 0 Å². The summed E-state index contributed by atoms with van der Waals surface area (Å²) in [6.45, 7) is 2.89. The highest BCUT2D eigenvalue weighted by atomic mass is 16.5. The largest absolute Gasteiger partial charge is 0.508 e. The van der Waals surface area contributed by atoms with Gasteiger partial charge in [-0.3, -0.25) is 0 Å². The molecule has 0 aliphatic heterocycles. The van der Waals surface area contributed by atoms with Crippen LogP contribution in [0.4, 0.5) is 0 Å². The lowest BCUT2D eigenvalue weighted by molar-refractivity contribution is 0.304. The molecule has 0 aliphatic carbocycles. The predicted octanol–water partition coefficient (Wildman–Crippen LogP) is 6.33. The third-order valence-electron chi connectivity index (χ3n) is 3.17. The zero-order chi connectivity index (χ0) is 18.0. The van der Waals surface area contributed by atoms with Gasteiger partial charge in [0.05, 0.1) is 6.61 Å². The highest BCUT2D eigenvalue weighted by Crippen LogP contribution is 2.17. The fourth-order valence-corrected chi connectivity index (χ4v) is 1.89. The minimum absolute atomic E-state index is 0.257. The van der Waals surface area contributed by atoms with Crippen molar-refractivity contribution >= 4 is 0 Å². The van der Waals surface area contributed by atoms with Gasteiger partial charge in [0.1, 0.15) is 11.5 Å². The fraction of sp³-hybridized carbons (Fsp3) is 0.217. The quantitative estimate of drug-likeness (QED) is 0.551. The summed E-state index contributed by atoms with van der Waals surface area (Å²) in [6.07, 6.45) is 3.47. The van der Waals surface area contributed by atoms with Crippen LogP contribution in [0.2, 0.25) is 0 Å². The lowest BCUT2D eigenvalue weighted by atomic mass is 10.3. The lowest BCUT2D eigenvalue weighted by Crippen LogP contribution is -1.96. The van der Waals surface area contributed by atoms with Gasteiger partial charge < -0.3 is 9.84 Å². The maximum Gasteiger partial charge on any atom is 0.122 e. The first-order valence-electron chi connectivity index (χ1n) is 8.74. The Morgan fingerprint density at radius 2 is 1.16 bits per heavy atom. The number of unbranched alkanes of at least 4 members (excludes halogenated alkanes) is 2. The summed E-state index contributed by atoms with van der Waals surface area (Å²) < 4.78 is 5.43. The molecule has 2 nitrogen and oxygen atoms in total. The Kier molecular flexibility index (Phi) is 12.0. The molecular weight excluding hydrogens is 308 g/mol. The van der Waals surface area contributed by atoms with E-state index in [9.17, 15) is 0 Å². The summed E-state index contributed by atoms with van der Waals surface area (Å²) in [5.74, 6) is 1.00. The third kappa shape index (κ3) is 12.4. The van der Waals surface area contributed by atoms with Gasteiger partial charge in [0.15, 0.2) is 0 Å². The maximum absolute atomic E-state index is 9.14. The molecule has 1 N–H and O–H groups in total. The topological polar surface area (TPSA) is 29.5 Å². The van der Waals surface area contributed by atoms with E-state index in [0.29, 0.717) is 0 Å². The summed E-state index contributed by atoms with van der Waals surface area (Å²) in [5, 5.41) is 9.14. The molecule has 0 amide bonds. The molecule has 2 heteroatoms. The number of ether oxygens (including phenoxy) is 1. The molecule has 0 aliphatic rings. The molecule has 3 aromatic rings. The number of hydrogen-bond donors (Lipinski definition) is 1. The monoisotopic (exact) mass is 336 g/mol. The van der Waals surface area contributed by atoms with Crippen molar-refractivity contribution in [2.45, 2.75) is 26.2 Å². The molecule has 0 atom stereocenters. The molecule has 0 saturated carbocycles. The molecule has 0 radical (unpaired) electrons. The Balaban J connectivity index is 0.000000214. The fourth-order valence-electron chi connectivity index (χ4n) is 1.89. The first kappa shape index (κ1) is 20.3. The summed E-state index contributed by atoms with van der Waals surface area (Å²) in [6, 6.07) is 30.9. The van der Waals surface area contributed by atoms with E-state index >= 15 is 0 Å². The van der Waals surface area contributed by atoms with Crippen LogP contribution < -0.4 is 4.74 Å². The summed E-state index contributed by atoms with van der Waals surface area (Å²) in [5.41, 5.74) is 0. The molecule has 0 heterocycles. The average Bonchev–Trinajstić information content (AvgIpc) is 2.69. The Labute approximate surface area is 151 Å². The van der Waals surface area contributed by atoms with Crippen molar-refractivity contribution < 1.29 is 9.84 Å². The molecule has 3 aromatic carbocycles. The normalized spacial score (nSPS) is 9.00. The molecule has 3 rings (SSSR count). The second kappa shape index (κ2) is 14.8. The highest BCUT2D eigenvalue weighted by molar-refractivity contribution is 5.31. The second-order valence-electron chi connectivity index (χ2n) is 5.36. The van der Waals surface area contributed by atoms with E-state index in [1.807, 2.05) is 78.9 Å². The Bertz CT molecular complexity index is 539. The highest BCUT2D eigenvalue weighted by Gasteiger charge is 1.94. The van der Waals surface area contributed by atoms with Gasteiger partial charge in [-0.15, -0.1) is 0 Å². The molecule has 0 aromatic heterocycles. The number of phenolic OH excluding ortho intramolecular Hbond substituents is 1. The number of phenols is 1. The van der Waals surface area contributed by atoms with Crippen molar-refractivity contribution in [3.8, 4) is 11.5 Å². The Hall–Kier alpha value is -2.74. The van der Waals surface area contributed by atoms with Crippen LogP contribution in [0.1, 0.15) is 26.2 Å². The van der Waals surface area contributed by atoms with Gasteiger partial charge in [-0.05, 0) is 18.6 Å². The minimum atomic E-state index is 0.257. The van der Waals surface area contributed by atoms with Crippen LogP contribution in [0, 0.1) is 0 Å². The zero-order valence-corrected chi connectivity index (χ0v) is 14.9. The van der Waals surface area contributed by atoms with Crippen LogP contribution in [0.5, 0.6) is 11.5 Å². The van der Waals surface area contributed by atoms with E-state index in [4.69, 9.17) is 9.84 Å². The molecule has 132 valence electrons. The zero-order valence-electron chi connectivity index (χ0n) is 14.9. The van der Waals surface area contributed by atoms with Gasteiger partial charge in [-0.2, -0.15) is 0 Å². The number of hydrogen-bond acceptors (Lipinski definition) is 2. The smallest absolute Gasteiger partial charge is 0.122 e. The Morgan fingerprint density at radius 3 is 1.56 bits per heavy atom. The molecule has 0 saturated heterocycles. The molecule has 25 heavy (non-hydrogen) atoms. The van der Waals surface area contributed by atoms with Crippen molar-refractivity contribution in [1.82, 2.24) is 0 Å². The van der Waals surface area contributed by atoms with Crippen LogP contribution in [-0.4, -0.2) is 11.7 Å². The maximum atomic E-state index is 9.14. The van der Waals surface area contributed by atoms with Gasteiger partial charge in [0.25, 0.3) is 0 Å². The summed E-state index contributed by atoms with van der Waals surface area (Å²) in [7, 11) is 0. The van der Waals surface area contributed by atoms with E-state index in [1.54, 1.807) is 18.2 Å². The average molecular weight is 336 g/mol. The van der Waals surface area contributed by atoms with Crippen molar-refractivity contribution in [1.29, 1.82) is 0 Å². The van der Waals surface area contributed by atoms with Crippen molar-refractivity contribution in [3.05, 3.63) is 97.1 Å². The van der Waals surface area contributed by atoms with Crippen LogP contribution in [0.3, 0.4) is 0 Å². The van der Waals surface area contributed by atoms with E-state index in [2.05, 4.69) is 6.92 Å². The van der Waals surface area contributed by atoms with E-state index in [-0.39, 0.29) is 5.75 Å². The van der Waals surface area contributed by atoms with Crippen molar-refractivity contribution in [2.75, 3.05) is 6.61 Å². The van der Waals surface area contributed by atoms with Gasteiger partial charge in [-0.25, -0.2) is 0 Å². The summed E-state index contributed by atoms with van der Waals surface area (Å²) in [4.78, 5) is 0. The predicted molar refractivity (Wildman–Crippen MR) is 106 cm³/mol. The van der Waals surface area contributed by atoms with Crippen molar-refractivity contribution in [3.63, 3.8) is 0 Å². The molecular formula is C23H28O2. The minimum Gasteiger partial charge on any atom is -0.508 e. The molecule has 0 bridgehead atoms. The molecule has 0 unspecified atom stereocenters. The summed E-state index contributed by atoms with van der Waals surface area (Å²) >= 11 is 0. The van der Waals surface area contributed by atoms with Crippen molar-refractivity contribution in [2.24, 2.45) is 0 Å². The van der Waals surface area contributed by atoms with Crippen LogP contribution in [0.15, 0.2) is 97.1 Å². The molecule has 0 spiro atoms. The SMILES string of the molecule is CCCCCOc1cccc(O)c1.c1ccccc1.c1ccccc1. The second-order valence-corrected chi connectivity index (χ2v) is 5.36. The van der Waals surface area contributed by atoms with Gasteiger partial charge in [-0.1, -0.05) is 98.6 Å². The standard InChI is InChI=1S/C11H16O2.2C6H6/c1-2-3-4-8-13-11-7-5-6-10(12)9-11;2*1-2-4-6-5-3-1/h5-7,9,12H,2-4,8H2,1H3;2*1-6H.